The van der Waals surface area contributed by atoms with Gasteiger partial charge in [-0.05, 0) is 179 Å². The first-order chi connectivity index (χ1) is 48.8. The van der Waals surface area contributed by atoms with Crippen molar-refractivity contribution in [3.8, 4) is 0 Å². The minimum Gasteiger partial charge on any atom is -0.444 e. The average molecular weight is 1790 g/mol. The van der Waals surface area contributed by atoms with E-state index in [0.29, 0.717) is 81.9 Å². The van der Waals surface area contributed by atoms with Crippen molar-refractivity contribution in [2.45, 2.75) is 166 Å². The second-order valence-corrected chi connectivity index (χ2v) is 27.0. The zero-order valence-corrected chi connectivity index (χ0v) is 63.9. The minimum absolute atomic E-state index is 0. The SMILES string of the molecule is CC(C)(C)OC(=O)N1CCc2c(C(=O)N3CCC(c4cc(F)cc(F)c4C(F)(F)F)CC3)n[nH]c2C1.CC(C)(C)OC(=O)N1CCc2cn[nH]c2C1.Cl.Cl.Fc1cc(F)c(C(F)(F)F)c(C2CCNCC2)c1.O=C(c1n[nH]c2c1CCNC2)N1CCC(c2cc(F)cc(F)c2C(F)(F)F)CC1.O=C=O.[3H][B].[U]. The number of hydrogen-bond donors (Lipinski definition) is 5. The fourth-order valence-electron chi connectivity index (χ4n) is 13.0. The van der Waals surface area contributed by atoms with E-state index in [2.05, 4.69) is 49.6 Å². The van der Waals surface area contributed by atoms with Crippen LogP contribution in [-0.4, -0.2) is 160 Å². The molecule has 0 spiro atoms. The molecule has 106 heavy (non-hydrogen) atoms. The molecule has 12 rings (SSSR count). The van der Waals surface area contributed by atoms with Crippen LogP contribution in [0.4, 0.5) is 75.4 Å². The summed E-state index contributed by atoms with van der Waals surface area (Å²) in [4.78, 5) is 72.7. The summed E-state index contributed by atoms with van der Waals surface area (Å²) in [5.74, 6) is -10.4. The Morgan fingerprint density at radius 3 is 1.24 bits per heavy atom. The molecule has 9 heterocycles. The van der Waals surface area contributed by atoms with Gasteiger partial charge in [0.25, 0.3) is 11.8 Å². The first-order valence-electron chi connectivity index (χ1n) is 33.1. The number of rotatable bonds is 5. The number of nitrogens with zero attached hydrogens (tertiary/aromatic N) is 7. The van der Waals surface area contributed by atoms with Gasteiger partial charge in [0.15, 0.2) is 11.4 Å². The van der Waals surface area contributed by atoms with Crippen LogP contribution < -0.4 is 10.6 Å². The Bertz CT molecular complexity index is 4020. The van der Waals surface area contributed by atoms with E-state index >= 15 is 0 Å². The number of benzene rings is 3. The van der Waals surface area contributed by atoms with Gasteiger partial charge in [-0.1, -0.05) is 0 Å². The van der Waals surface area contributed by atoms with Crippen molar-refractivity contribution in [1.29, 1.82) is 1.34 Å². The number of aromatic amines is 3. The van der Waals surface area contributed by atoms with Crippen molar-refractivity contribution < 1.29 is 135 Å². The summed E-state index contributed by atoms with van der Waals surface area (Å²) in [5.41, 5.74) is -0.561. The molecule has 0 atom stereocenters. The maximum atomic E-state index is 14.0. The number of nitrogens with one attached hydrogen (secondary N) is 5. The predicted octanol–water partition coefficient (Wildman–Crippen LogP) is 13.2. The van der Waals surface area contributed by atoms with Crippen LogP contribution >= 0.6 is 24.8 Å². The van der Waals surface area contributed by atoms with Gasteiger partial charge in [0.1, 0.15) is 46.1 Å². The molecule has 3 aromatic heterocycles. The molecule has 2 radical (unpaired) electrons. The molecule has 6 aliphatic heterocycles. The quantitative estimate of drug-likeness (QED) is 0.0797. The molecule has 20 nitrogen and oxygen atoms in total. The second kappa shape index (κ2) is 38.2. The van der Waals surface area contributed by atoms with Crippen LogP contribution in [0.3, 0.4) is 0 Å². The third-order valence-corrected chi connectivity index (χ3v) is 17.6. The van der Waals surface area contributed by atoms with E-state index in [0.717, 1.165) is 48.1 Å². The van der Waals surface area contributed by atoms with Crippen LogP contribution in [0, 0.1) is 66.0 Å². The molecule has 0 unspecified atom stereocenters. The molecule has 0 saturated carbocycles. The van der Waals surface area contributed by atoms with Crippen LogP contribution in [0.25, 0.3) is 0 Å². The second-order valence-electron chi connectivity index (χ2n) is 27.0. The molecule has 3 fully saturated rings. The third kappa shape index (κ3) is 23.6. The van der Waals surface area contributed by atoms with Gasteiger partial charge in [-0.15, -0.1) is 24.8 Å². The molecule has 0 aliphatic carbocycles. The number of hydrogen-bond acceptors (Lipinski definition) is 13. The maximum Gasteiger partial charge on any atom is 0.419 e. The van der Waals surface area contributed by atoms with E-state index in [9.17, 15) is 85.0 Å². The van der Waals surface area contributed by atoms with Crippen molar-refractivity contribution in [1.82, 2.24) is 60.8 Å². The maximum absolute atomic E-state index is 14.0. The van der Waals surface area contributed by atoms with Gasteiger partial charge in [-0.25, -0.2) is 35.9 Å². The molecule has 4 amide bonds. The molecule has 6 aliphatic rings. The Morgan fingerprint density at radius 1 is 0.491 bits per heavy atom. The minimum atomic E-state index is -4.96. The third-order valence-electron chi connectivity index (χ3n) is 17.6. The number of amides is 4. The summed E-state index contributed by atoms with van der Waals surface area (Å²) in [6.45, 7) is 15.8. The first-order valence-corrected chi connectivity index (χ1v) is 32.5. The summed E-state index contributed by atoms with van der Waals surface area (Å²) in [6, 6.07) is 3.06. The van der Waals surface area contributed by atoms with Crippen LogP contribution in [0.15, 0.2) is 42.6 Å². The Kier molecular flexibility index (Phi) is 32.2. The first kappa shape index (κ1) is 89.3. The Morgan fingerprint density at radius 2 is 0.849 bits per heavy atom. The molecule has 0 bridgehead atoms. The Balaban J connectivity index is 0.000000305. The smallest absolute Gasteiger partial charge is 0.419 e. The van der Waals surface area contributed by atoms with E-state index in [1.165, 1.54) is 20.3 Å². The summed E-state index contributed by atoms with van der Waals surface area (Å²) in [6.07, 6.45) is -9.91. The van der Waals surface area contributed by atoms with Crippen molar-refractivity contribution in [3.63, 3.8) is 0 Å². The summed E-state index contributed by atoms with van der Waals surface area (Å²) in [5, 5.41) is 27.0. The normalized spacial score (nSPS) is 16.4. The number of likely N-dealkylation sites (tertiary alicyclic amines) is 2. The Labute approximate surface area is 638 Å². The van der Waals surface area contributed by atoms with Gasteiger partial charge in [0.05, 0.1) is 53.1 Å². The van der Waals surface area contributed by atoms with Crippen molar-refractivity contribution in [3.05, 3.63) is 156 Å². The number of carbonyl (C=O) groups is 4. The predicted molar refractivity (Wildman–Crippen MR) is 353 cm³/mol. The van der Waals surface area contributed by atoms with E-state index < -0.39 is 111 Å². The topological polar surface area (TPSA) is 244 Å². The standard InChI is InChI=1S/C24H27F5N4O3.C19H19F5N4O.C12H12F5N.C11H17N3O2.CO2.BH.2ClH.U/c1-23(2,3)36-22(35)33-9-6-15-18(12-33)30-31-20(15)21(34)32-7-4-13(5-8-32)16-10-14(25)11-17(26)19(16)24(27,28)29;20-11-7-13(16(14(21)8-11)19(22,23)24)10-2-5-28(6-3-10)18(29)17-12-1-4-25-9-15(12)26-27-17;13-8-5-9(7-1-3-18-4-2-7)11(10(14)6-8)12(15,16)17;1-11(2,3)16-10(15)14-5-4-8-6-12-13-9(8)7-14;2-1-3;;;;/h10-11,13H,4-9,12H2,1-3H3,(H,30,31);7-8,10,25H,1-6,9H2,(H,26,27);5-7,18H,1-4H2;6H,4-5,7H2,1-3H3,(H,12,13);;3*1H;/i;;;;;1T;;;. The van der Waals surface area contributed by atoms with E-state index in [4.69, 9.17) is 20.4 Å². The van der Waals surface area contributed by atoms with Crippen molar-refractivity contribution >= 4 is 63.3 Å². The summed E-state index contributed by atoms with van der Waals surface area (Å²) >= 11 is 0. The molecule has 5 N–H and O–H groups in total. The number of carbonyl (C=O) groups excluding carboxylic acids is 6. The van der Waals surface area contributed by atoms with Gasteiger partial charge in [-0.3, -0.25) is 24.9 Å². The molecule has 39 heteroatoms. The van der Waals surface area contributed by atoms with E-state index in [1.807, 2.05) is 27.0 Å². The molecule has 580 valence electrons. The van der Waals surface area contributed by atoms with Crippen LogP contribution in [0.1, 0.15) is 186 Å². The zero-order valence-electron chi connectivity index (χ0n) is 59.1. The number of alkyl halides is 9. The summed E-state index contributed by atoms with van der Waals surface area (Å²) < 4.78 is 216. The number of fused-ring (bicyclic) bond motifs is 3. The van der Waals surface area contributed by atoms with Gasteiger partial charge >= 0.3 is 36.9 Å². The number of ether oxygens (including phenoxy) is 2. The van der Waals surface area contributed by atoms with Gasteiger partial charge in [0, 0.05) is 115 Å². The fourth-order valence-corrected chi connectivity index (χ4v) is 13.0. The fraction of sp³-hybridized carbons (Fsp3) is 0.522. The number of piperidine rings is 3. The van der Waals surface area contributed by atoms with Crippen LogP contribution in [0.2, 0.25) is 0 Å². The largest absolute Gasteiger partial charge is 0.444 e. The number of halogens is 17. The Hall–Kier alpha value is -7.28. The zero-order chi connectivity index (χ0) is 77.0. The van der Waals surface area contributed by atoms with E-state index in [-0.39, 0.29) is 173 Å². The molecular weight excluding hydrogens is 1710 g/mol. The average Bonchev–Trinajstić information content (AvgIpc) is 1.52. The molecular formula is C67H78BCl2F15N12O8U. The molecule has 3 aromatic carbocycles. The monoisotopic (exact) mass is 1780 g/mol. The van der Waals surface area contributed by atoms with Gasteiger partial charge in [-0.2, -0.15) is 64.4 Å². The van der Waals surface area contributed by atoms with Crippen molar-refractivity contribution in [2.24, 2.45) is 0 Å². The molecule has 3 saturated heterocycles. The molecule has 6 aromatic rings. The van der Waals surface area contributed by atoms with Gasteiger partial charge < -0.3 is 39.7 Å². The van der Waals surface area contributed by atoms with Crippen LogP contribution in [0.5, 0.6) is 0 Å². The van der Waals surface area contributed by atoms with Crippen molar-refractivity contribution in [2.75, 3.05) is 58.9 Å². The van der Waals surface area contributed by atoms with E-state index in [1.54, 1.807) is 25.7 Å². The summed E-state index contributed by atoms with van der Waals surface area (Å²) in [7, 11) is 3.75. The number of H-pyrrole nitrogens is 3. The number of aromatic nitrogens is 6. The van der Waals surface area contributed by atoms with Gasteiger partial charge in [0.2, 0.25) is 0 Å². The van der Waals surface area contributed by atoms with Crippen LogP contribution in [-0.2, 0) is 76.5 Å².